The number of hydrogen-bond donors (Lipinski definition) is 2. The van der Waals surface area contributed by atoms with E-state index in [9.17, 15) is 0 Å². The van der Waals surface area contributed by atoms with E-state index >= 15 is 0 Å². The summed E-state index contributed by atoms with van der Waals surface area (Å²) in [6.07, 6.45) is 1.18. The minimum Gasteiger partial charge on any atom is -0.409 e. The molecule has 1 rings (SSSR count). The Bertz CT molecular complexity index is 210. The molecule has 5 heteroatoms. The lowest BCUT2D eigenvalue weighted by Gasteiger charge is -2.35. The minimum absolute atomic E-state index is 0.0509. The summed E-state index contributed by atoms with van der Waals surface area (Å²) in [5, 5.41) is 12.3. The smallest absolute Gasteiger partial charge is 0.156 e. The van der Waals surface area contributed by atoms with Crippen LogP contribution >= 0.6 is 11.8 Å². The van der Waals surface area contributed by atoms with E-state index in [-0.39, 0.29) is 6.04 Å². The fourth-order valence-electron chi connectivity index (χ4n) is 1.61. The third-order valence-electron chi connectivity index (χ3n) is 2.72. The molecule has 0 aliphatic carbocycles. The Morgan fingerprint density at radius 3 is 3.07 bits per heavy atom. The van der Waals surface area contributed by atoms with Crippen LogP contribution in [0.3, 0.4) is 0 Å². The second kappa shape index (κ2) is 5.46. The van der Waals surface area contributed by atoms with Gasteiger partial charge in [0.2, 0.25) is 0 Å². The molecule has 0 aromatic rings. The first-order chi connectivity index (χ1) is 6.69. The van der Waals surface area contributed by atoms with Crippen molar-refractivity contribution in [3.63, 3.8) is 0 Å². The van der Waals surface area contributed by atoms with Gasteiger partial charge in [-0.1, -0.05) is 12.1 Å². The number of hydrogen-bond acceptors (Lipinski definition) is 4. The second-order valence-corrected chi connectivity index (χ2v) is 5.01. The summed E-state index contributed by atoms with van der Waals surface area (Å²) in [4.78, 5) is 2.28. The van der Waals surface area contributed by atoms with E-state index in [0.717, 1.165) is 18.8 Å². The largest absolute Gasteiger partial charge is 0.409 e. The molecule has 0 bridgehead atoms. The van der Waals surface area contributed by atoms with Crippen molar-refractivity contribution in [2.45, 2.75) is 31.6 Å². The third kappa shape index (κ3) is 2.78. The molecule has 0 amide bonds. The Balaban J connectivity index is 2.51. The van der Waals surface area contributed by atoms with E-state index in [1.807, 2.05) is 18.7 Å². The quantitative estimate of drug-likeness (QED) is 0.320. The van der Waals surface area contributed by atoms with Gasteiger partial charge in [0.25, 0.3) is 0 Å². The van der Waals surface area contributed by atoms with Crippen molar-refractivity contribution in [1.82, 2.24) is 4.90 Å². The van der Waals surface area contributed by atoms with Crippen LogP contribution in [0.1, 0.15) is 20.3 Å². The highest BCUT2D eigenvalue weighted by atomic mass is 32.2. The molecular weight excluding hydrogens is 198 g/mol. The molecule has 1 aliphatic heterocycles. The van der Waals surface area contributed by atoms with Gasteiger partial charge in [-0.2, -0.15) is 11.8 Å². The number of oxime groups is 1. The van der Waals surface area contributed by atoms with E-state index in [1.165, 1.54) is 6.42 Å². The lowest BCUT2D eigenvalue weighted by atomic mass is 10.2. The molecule has 1 heterocycles. The zero-order valence-electron chi connectivity index (χ0n) is 8.81. The van der Waals surface area contributed by atoms with Gasteiger partial charge in [-0.25, -0.2) is 0 Å². The highest BCUT2D eigenvalue weighted by molar-refractivity contribution is 8.00. The minimum atomic E-state index is 0.0509. The predicted octanol–water partition coefficient (Wildman–Crippen LogP) is 0.949. The lowest BCUT2D eigenvalue weighted by molar-refractivity contribution is 0.249. The van der Waals surface area contributed by atoms with Crippen LogP contribution < -0.4 is 5.73 Å². The third-order valence-corrected chi connectivity index (χ3v) is 4.09. The lowest BCUT2D eigenvalue weighted by Crippen LogP contribution is -2.48. The van der Waals surface area contributed by atoms with Gasteiger partial charge in [-0.05, 0) is 13.3 Å². The van der Waals surface area contributed by atoms with Crippen molar-refractivity contribution in [2.75, 3.05) is 18.8 Å². The van der Waals surface area contributed by atoms with Gasteiger partial charge in [0.1, 0.15) is 0 Å². The predicted molar refractivity (Wildman–Crippen MR) is 61.0 cm³/mol. The van der Waals surface area contributed by atoms with Crippen LogP contribution in [0.2, 0.25) is 0 Å². The Labute approximate surface area is 89.5 Å². The van der Waals surface area contributed by atoms with Crippen LogP contribution in [-0.2, 0) is 0 Å². The highest BCUT2D eigenvalue weighted by Gasteiger charge is 2.24. The maximum Gasteiger partial charge on any atom is 0.156 e. The average Bonchev–Trinajstić information content (AvgIpc) is 2.27. The van der Waals surface area contributed by atoms with Gasteiger partial charge in [-0.15, -0.1) is 0 Å². The molecule has 3 N–H and O–H groups in total. The van der Waals surface area contributed by atoms with Crippen molar-refractivity contribution < 1.29 is 5.21 Å². The molecule has 2 unspecified atom stereocenters. The van der Waals surface area contributed by atoms with Crippen molar-refractivity contribution >= 4 is 17.6 Å². The summed E-state index contributed by atoms with van der Waals surface area (Å²) in [7, 11) is 0. The Hall–Kier alpha value is -0.420. The van der Waals surface area contributed by atoms with Crippen LogP contribution in [0.15, 0.2) is 5.16 Å². The number of amidine groups is 1. The molecule has 1 fully saturated rings. The van der Waals surface area contributed by atoms with Crippen LogP contribution in [0.5, 0.6) is 0 Å². The molecule has 2 atom stereocenters. The second-order valence-electron chi connectivity index (χ2n) is 3.60. The first-order valence-corrected chi connectivity index (χ1v) is 6.07. The van der Waals surface area contributed by atoms with Gasteiger partial charge < -0.3 is 10.9 Å². The molecular formula is C9H19N3OS. The molecule has 1 aliphatic rings. The van der Waals surface area contributed by atoms with Crippen LogP contribution in [0.25, 0.3) is 0 Å². The Morgan fingerprint density at radius 1 is 1.79 bits per heavy atom. The van der Waals surface area contributed by atoms with E-state index in [4.69, 9.17) is 10.9 Å². The molecule has 14 heavy (non-hydrogen) atoms. The van der Waals surface area contributed by atoms with Crippen molar-refractivity contribution in [3.05, 3.63) is 0 Å². The van der Waals surface area contributed by atoms with Gasteiger partial charge in [0.15, 0.2) is 5.84 Å². The standard InChI is InChI=1S/C9H19N3OS/c1-3-8-6-12(4-5-14-8)7(2)9(10)11-13/h7-8,13H,3-6H2,1-2H3,(H2,10,11). The van der Waals surface area contributed by atoms with Crippen molar-refractivity contribution in [3.8, 4) is 0 Å². The molecule has 1 saturated heterocycles. The molecule has 0 saturated carbocycles. The van der Waals surface area contributed by atoms with Gasteiger partial charge in [-0.3, -0.25) is 4.90 Å². The molecule has 0 aromatic carbocycles. The van der Waals surface area contributed by atoms with Gasteiger partial charge >= 0.3 is 0 Å². The van der Waals surface area contributed by atoms with Crippen LogP contribution in [0, 0.1) is 0 Å². The first-order valence-electron chi connectivity index (χ1n) is 5.02. The maximum atomic E-state index is 8.59. The van der Waals surface area contributed by atoms with E-state index in [0.29, 0.717) is 11.1 Å². The fraction of sp³-hybridized carbons (Fsp3) is 0.889. The summed E-state index contributed by atoms with van der Waals surface area (Å²) in [6, 6.07) is 0.0509. The monoisotopic (exact) mass is 217 g/mol. The number of nitrogens with zero attached hydrogens (tertiary/aromatic N) is 2. The van der Waals surface area contributed by atoms with Gasteiger partial charge in [0, 0.05) is 24.1 Å². The molecule has 82 valence electrons. The van der Waals surface area contributed by atoms with Crippen molar-refractivity contribution in [2.24, 2.45) is 10.9 Å². The normalized spacial score (nSPS) is 27.6. The SMILES string of the molecule is CCC1CN(C(C)C(N)=NO)CCS1. The fourth-order valence-corrected chi connectivity index (χ4v) is 2.82. The molecule has 0 spiro atoms. The zero-order chi connectivity index (χ0) is 10.6. The van der Waals surface area contributed by atoms with E-state index < -0.39 is 0 Å². The van der Waals surface area contributed by atoms with Crippen LogP contribution in [0.4, 0.5) is 0 Å². The highest BCUT2D eigenvalue weighted by Crippen LogP contribution is 2.22. The zero-order valence-corrected chi connectivity index (χ0v) is 9.63. The van der Waals surface area contributed by atoms with Gasteiger partial charge in [0.05, 0.1) is 6.04 Å². The summed E-state index contributed by atoms with van der Waals surface area (Å²) in [5.41, 5.74) is 5.59. The summed E-state index contributed by atoms with van der Waals surface area (Å²) in [5.74, 6) is 1.45. The summed E-state index contributed by atoms with van der Waals surface area (Å²) < 4.78 is 0. The van der Waals surface area contributed by atoms with Crippen molar-refractivity contribution in [1.29, 1.82) is 0 Å². The van der Waals surface area contributed by atoms with E-state index in [2.05, 4.69) is 17.0 Å². The average molecular weight is 217 g/mol. The topological polar surface area (TPSA) is 61.8 Å². The summed E-state index contributed by atoms with van der Waals surface area (Å²) in [6.45, 7) is 6.25. The maximum absolute atomic E-state index is 8.59. The number of nitrogens with two attached hydrogens (primary N) is 1. The molecule has 4 nitrogen and oxygen atoms in total. The first kappa shape index (κ1) is 11.7. The number of rotatable bonds is 3. The van der Waals surface area contributed by atoms with E-state index in [1.54, 1.807) is 0 Å². The molecule has 0 radical (unpaired) electrons. The Morgan fingerprint density at radius 2 is 2.50 bits per heavy atom. The van der Waals surface area contributed by atoms with Crippen LogP contribution in [-0.4, -0.2) is 46.1 Å². The summed E-state index contributed by atoms with van der Waals surface area (Å²) >= 11 is 2.02. The molecule has 0 aromatic heterocycles. The number of thioether (sulfide) groups is 1. The Kier molecular flexibility index (Phi) is 4.54.